The highest BCUT2D eigenvalue weighted by molar-refractivity contribution is 5.58. The number of ether oxygens (including phenoxy) is 2. The van der Waals surface area contributed by atoms with E-state index in [0.29, 0.717) is 6.29 Å². The van der Waals surface area contributed by atoms with Crippen LogP contribution >= 0.6 is 0 Å². The molecule has 3 aromatic carbocycles. The first-order valence-corrected chi connectivity index (χ1v) is 10.7. The second-order valence-electron chi connectivity index (χ2n) is 8.54. The van der Waals surface area contributed by atoms with Crippen molar-refractivity contribution < 1.29 is 24.5 Å². The minimum absolute atomic E-state index is 0.616. The molecular weight excluding hydrogens is 404 g/mol. The average Bonchev–Trinajstić information content (AvgIpc) is 3.15. The molecule has 0 radical (unpaired) electrons. The molecule has 3 aromatic rings. The van der Waals surface area contributed by atoms with E-state index in [1.165, 1.54) is 0 Å². The van der Waals surface area contributed by atoms with E-state index in [9.17, 15) is 15.0 Å². The van der Waals surface area contributed by atoms with Gasteiger partial charge >= 0.3 is 0 Å². The Labute approximate surface area is 188 Å². The Morgan fingerprint density at radius 3 is 1.56 bits per heavy atom. The standard InChI is InChI=1S/C27H28O5/c1-26(2)31-22(18-28)24(32-26)23(29)25(30)27(19-12-6-3-7-13-19,20-14-8-4-9-15-20)21-16-10-5-11-17-21/h3-18,22-25,29-30H,1-2H3/t22-,23-,24-,25?/m0/s1. The van der Waals surface area contributed by atoms with Gasteiger partial charge in [-0.05, 0) is 30.5 Å². The van der Waals surface area contributed by atoms with Crippen molar-refractivity contribution in [1.29, 1.82) is 0 Å². The molecule has 1 aliphatic rings. The number of carbonyl (C=O) groups is 1. The fraction of sp³-hybridized carbons (Fsp3) is 0.296. The molecule has 5 nitrogen and oxygen atoms in total. The molecular formula is C27H28O5. The molecule has 0 aliphatic carbocycles. The lowest BCUT2D eigenvalue weighted by Crippen LogP contribution is -2.54. The van der Waals surface area contributed by atoms with Gasteiger partial charge in [0.15, 0.2) is 12.1 Å². The van der Waals surface area contributed by atoms with E-state index in [4.69, 9.17) is 9.47 Å². The molecule has 32 heavy (non-hydrogen) atoms. The molecule has 1 fully saturated rings. The van der Waals surface area contributed by atoms with Crippen LogP contribution in [-0.4, -0.2) is 46.7 Å². The second kappa shape index (κ2) is 8.96. The molecule has 0 spiro atoms. The van der Waals surface area contributed by atoms with E-state index in [0.717, 1.165) is 16.7 Å². The Morgan fingerprint density at radius 1 is 0.781 bits per heavy atom. The SMILES string of the molecule is CC1(C)O[C@H]([C@H](O)C(O)C(c2ccccc2)(c2ccccc2)c2ccccc2)[C@H](C=O)O1. The van der Waals surface area contributed by atoms with Gasteiger partial charge in [-0.3, -0.25) is 0 Å². The molecule has 1 unspecified atom stereocenters. The van der Waals surface area contributed by atoms with Gasteiger partial charge in [0.25, 0.3) is 0 Å². The molecule has 166 valence electrons. The molecule has 1 saturated heterocycles. The summed E-state index contributed by atoms with van der Waals surface area (Å²) >= 11 is 0. The van der Waals surface area contributed by atoms with Gasteiger partial charge in [-0.25, -0.2) is 0 Å². The van der Waals surface area contributed by atoms with Gasteiger partial charge < -0.3 is 24.5 Å². The first-order valence-electron chi connectivity index (χ1n) is 10.7. The summed E-state index contributed by atoms with van der Waals surface area (Å²) in [7, 11) is 0. The van der Waals surface area contributed by atoms with Gasteiger partial charge in [-0.1, -0.05) is 91.0 Å². The quantitative estimate of drug-likeness (QED) is 0.442. The van der Waals surface area contributed by atoms with Crippen LogP contribution in [0, 0.1) is 0 Å². The maximum Gasteiger partial charge on any atom is 0.164 e. The molecule has 0 amide bonds. The lowest BCUT2D eigenvalue weighted by atomic mass is 9.64. The summed E-state index contributed by atoms with van der Waals surface area (Å²) in [5, 5.41) is 23.4. The molecule has 0 saturated carbocycles. The van der Waals surface area contributed by atoms with Crippen LogP contribution in [0.2, 0.25) is 0 Å². The summed E-state index contributed by atoms with van der Waals surface area (Å²) in [4.78, 5) is 11.7. The van der Waals surface area contributed by atoms with Crippen molar-refractivity contribution in [3.8, 4) is 0 Å². The van der Waals surface area contributed by atoms with Gasteiger partial charge in [0.1, 0.15) is 24.4 Å². The Bertz CT molecular complexity index is 923. The lowest BCUT2D eigenvalue weighted by Gasteiger charge is -2.43. The third kappa shape index (κ3) is 3.89. The molecule has 1 heterocycles. The molecule has 0 bridgehead atoms. The highest BCUT2D eigenvalue weighted by Crippen LogP contribution is 2.45. The predicted octanol–water partition coefficient (Wildman–Crippen LogP) is 3.46. The lowest BCUT2D eigenvalue weighted by molar-refractivity contribution is -0.165. The van der Waals surface area contributed by atoms with E-state index >= 15 is 0 Å². The number of carbonyl (C=O) groups excluding carboxylic acids is 1. The summed E-state index contributed by atoms with van der Waals surface area (Å²) in [6.45, 7) is 3.36. The predicted molar refractivity (Wildman–Crippen MR) is 121 cm³/mol. The third-order valence-corrected chi connectivity index (χ3v) is 6.09. The van der Waals surface area contributed by atoms with Crippen LogP contribution in [0.5, 0.6) is 0 Å². The Morgan fingerprint density at radius 2 is 1.19 bits per heavy atom. The minimum Gasteiger partial charge on any atom is -0.389 e. The van der Waals surface area contributed by atoms with E-state index in [1.54, 1.807) is 13.8 Å². The van der Waals surface area contributed by atoms with Crippen LogP contribution in [0.15, 0.2) is 91.0 Å². The fourth-order valence-corrected chi connectivity index (χ4v) is 4.74. The van der Waals surface area contributed by atoms with Crippen LogP contribution < -0.4 is 0 Å². The monoisotopic (exact) mass is 432 g/mol. The van der Waals surface area contributed by atoms with Crippen LogP contribution in [0.3, 0.4) is 0 Å². The van der Waals surface area contributed by atoms with Crippen molar-refractivity contribution in [2.24, 2.45) is 0 Å². The summed E-state index contributed by atoms with van der Waals surface area (Å²) in [5.74, 6) is -1.05. The molecule has 4 rings (SSSR count). The topological polar surface area (TPSA) is 76.0 Å². The number of aliphatic hydroxyl groups is 2. The van der Waals surface area contributed by atoms with Crippen molar-refractivity contribution in [2.75, 3.05) is 0 Å². The van der Waals surface area contributed by atoms with E-state index < -0.39 is 35.6 Å². The highest BCUT2D eigenvalue weighted by atomic mass is 16.8. The van der Waals surface area contributed by atoms with Crippen molar-refractivity contribution in [3.05, 3.63) is 108 Å². The number of hydrogen-bond donors (Lipinski definition) is 2. The van der Waals surface area contributed by atoms with E-state index in [2.05, 4.69) is 0 Å². The van der Waals surface area contributed by atoms with Crippen LogP contribution in [0.25, 0.3) is 0 Å². The smallest absolute Gasteiger partial charge is 0.164 e. The van der Waals surface area contributed by atoms with Crippen LogP contribution in [0.4, 0.5) is 0 Å². The second-order valence-corrected chi connectivity index (χ2v) is 8.54. The number of benzene rings is 3. The molecule has 1 aliphatic heterocycles. The van der Waals surface area contributed by atoms with Crippen molar-refractivity contribution >= 4 is 6.29 Å². The zero-order valence-corrected chi connectivity index (χ0v) is 18.2. The van der Waals surface area contributed by atoms with Crippen molar-refractivity contribution in [1.82, 2.24) is 0 Å². The molecule has 2 N–H and O–H groups in total. The largest absolute Gasteiger partial charge is 0.389 e. The first kappa shape index (κ1) is 22.4. The fourth-order valence-electron chi connectivity index (χ4n) is 4.74. The molecule has 0 aromatic heterocycles. The summed E-state index contributed by atoms with van der Waals surface area (Å²) in [6, 6.07) is 28.8. The number of aldehydes is 1. The maximum absolute atomic E-state index is 11.9. The maximum atomic E-state index is 11.9. The van der Waals surface area contributed by atoms with Crippen LogP contribution in [0.1, 0.15) is 30.5 Å². The summed E-state index contributed by atoms with van der Waals surface area (Å²) in [5.41, 5.74) is 1.31. The number of aliphatic hydroxyl groups excluding tert-OH is 2. The normalized spacial score (nSPS) is 22.2. The average molecular weight is 433 g/mol. The third-order valence-electron chi connectivity index (χ3n) is 6.09. The Balaban J connectivity index is 1.92. The number of rotatable bonds is 7. The van der Waals surface area contributed by atoms with Crippen LogP contribution in [-0.2, 0) is 19.7 Å². The van der Waals surface area contributed by atoms with E-state index in [1.807, 2.05) is 91.0 Å². The van der Waals surface area contributed by atoms with Gasteiger partial charge in [0.05, 0.1) is 5.41 Å². The van der Waals surface area contributed by atoms with Gasteiger partial charge in [-0.2, -0.15) is 0 Å². The van der Waals surface area contributed by atoms with Gasteiger partial charge in [0.2, 0.25) is 0 Å². The van der Waals surface area contributed by atoms with Gasteiger partial charge in [0, 0.05) is 0 Å². The minimum atomic E-state index is -1.41. The van der Waals surface area contributed by atoms with Gasteiger partial charge in [-0.15, -0.1) is 0 Å². The first-order chi connectivity index (χ1) is 15.4. The Kier molecular flexibility index (Phi) is 6.26. The number of hydrogen-bond acceptors (Lipinski definition) is 5. The molecule has 4 atom stereocenters. The highest BCUT2D eigenvalue weighted by Gasteiger charge is 2.53. The zero-order valence-electron chi connectivity index (χ0n) is 18.2. The summed E-state index contributed by atoms with van der Waals surface area (Å²) < 4.78 is 11.5. The van der Waals surface area contributed by atoms with Crippen molar-refractivity contribution in [2.45, 2.75) is 49.5 Å². The molecule has 5 heteroatoms. The van der Waals surface area contributed by atoms with E-state index in [-0.39, 0.29) is 0 Å². The zero-order chi connectivity index (χ0) is 22.8. The Hall–Kier alpha value is -2.83. The van der Waals surface area contributed by atoms with Crippen molar-refractivity contribution in [3.63, 3.8) is 0 Å². The summed E-state index contributed by atoms with van der Waals surface area (Å²) in [6.07, 6.45) is -4.15.